The summed E-state index contributed by atoms with van der Waals surface area (Å²) in [5, 5.41) is 4.75. The molecule has 21 heavy (non-hydrogen) atoms. The van der Waals surface area contributed by atoms with E-state index < -0.39 is 6.03 Å². The van der Waals surface area contributed by atoms with Crippen LogP contribution in [-0.2, 0) is 4.79 Å². The fourth-order valence-corrected chi connectivity index (χ4v) is 1.81. The van der Waals surface area contributed by atoms with Gasteiger partial charge in [0.1, 0.15) is 12.4 Å². The van der Waals surface area contributed by atoms with Crippen molar-refractivity contribution in [3.63, 3.8) is 0 Å². The molecule has 0 unspecified atom stereocenters. The van der Waals surface area contributed by atoms with Crippen LogP contribution in [0.25, 0.3) is 0 Å². The number of nitrogens with zero attached hydrogens (tertiary/aromatic N) is 1. The lowest BCUT2D eigenvalue weighted by Gasteiger charge is -2.16. The third kappa shape index (κ3) is 7.67. The second-order valence-electron chi connectivity index (χ2n) is 4.45. The van der Waals surface area contributed by atoms with Crippen molar-refractivity contribution >= 4 is 27.9 Å². The summed E-state index contributed by atoms with van der Waals surface area (Å²) in [6.07, 6.45) is 0. The first-order valence-corrected chi connectivity index (χ1v) is 7.45. The standard InChI is InChI=1S/C14H20BrN3O3/c1-3-16-14(20)17-13(19)10-18(2)8-9-21-12-6-4-11(15)5-7-12/h4-7H,3,8-10H2,1-2H3,(H2,16,17,19,20). The molecule has 0 saturated carbocycles. The lowest BCUT2D eigenvalue weighted by Crippen LogP contribution is -2.44. The van der Waals surface area contributed by atoms with Gasteiger partial charge in [-0.3, -0.25) is 15.0 Å². The van der Waals surface area contributed by atoms with E-state index in [1.165, 1.54) is 0 Å². The molecule has 1 rings (SSSR count). The van der Waals surface area contributed by atoms with Gasteiger partial charge in [0.2, 0.25) is 5.91 Å². The van der Waals surface area contributed by atoms with Gasteiger partial charge < -0.3 is 10.1 Å². The minimum atomic E-state index is -0.470. The van der Waals surface area contributed by atoms with Gasteiger partial charge in [0.15, 0.2) is 0 Å². The predicted molar refractivity (Wildman–Crippen MR) is 84.3 cm³/mol. The molecule has 6 nitrogen and oxygen atoms in total. The molecule has 1 aromatic rings. The van der Waals surface area contributed by atoms with Gasteiger partial charge in [0.05, 0.1) is 6.54 Å². The predicted octanol–water partition coefficient (Wildman–Crippen LogP) is 1.61. The molecular weight excluding hydrogens is 338 g/mol. The van der Waals surface area contributed by atoms with Gasteiger partial charge in [-0.2, -0.15) is 0 Å². The van der Waals surface area contributed by atoms with Crippen molar-refractivity contribution in [2.45, 2.75) is 6.92 Å². The number of halogens is 1. The fraction of sp³-hybridized carbons (Fsp3) is 0.429. The largest absolute Gasteiger partial charge is 0.492 e. The summed E-state index contributed by atoms with van der Waals surface area (Å²) >= 11 is 3.35. The van der Waals surface area contributed by atoms with E-state index in [0.717, 1.165) is 10.2 Å². The van der Waals surface area contributed by atoms with Crippen molar-refractivity contribution in [2.75, 3.05) is 33.3 Å². The van der Waals surface area contributed by atoms with Crippen molar-refractivity contribution in [3.05, 3.63) is 28.7 Å². The van der Waals surface area contributed by atoms with Crippen molar-refractivity contribution in [1.82, 2.24) is 15.5 Å². The Morgan fingerprint density at radius 2 is 1.95 bits per heavy atom. The molecule has 2 N–H and O–H groups in total. The number of carbonyl (C=O) groups excluding carboxylic acids is 2. The lowest BCUT2D eigenvalue weighted by atomic mass is 10.3. The summed E-state index contributed by atoms with van der Waals surface area (Å²) in [7, 11) is 1.79. The molecule has 0 aliphatic heterocycles. The maximum absolute atomic E-state index is 11.5. The molecule has 0 radical (unpaired) electrons. The zero-order chi connectivity index (χ0) is 15.7. The Labute approximate surface area is 133 Å². The summed E-state index contributed by atoms with van der Waals surface area (Å²) in [4.78, 5) is 24.5. The Kier molecular flexibility index (Phi) is 7.78. The van der Waals surface area contributed by atoms with Gasteiger partial charge in [0, 0.05) is 17.6 Å². The Balaban J connectivity index is 2.21. The van der Waals surface area contributed by atoms with E-state index >= 15 is 0 Å². The third-order valence-electron chi connectivity index (χ3n) is 2.56. The number of amides is 3. The highest BCUT2D eigenvalue weighted by atomic mass is 79.9. The fourth-order valence-electron chi connectivity index (χ4n) is 1.55. The number of hydrogen-bond acceptors (Lipinski definition) is 4. The van der Waals surface area contributed by atoms with E-state index in [2.05, 4.69) is 26.6 Å². The van der Waals surface area contributed by atoms with Gasteiger partial charge in [-0.05, 0) is 38.2 Å². The molecule has 3 amide bonds. The molecule has 0 aliphatic rings. The zero-order valence-electron chi connectivity index (χ0n) is 12.2. The SMILES string of the molecule is CCNC(=O)NC(=O)CN(C)CCOc1ccc(Br)cc1. The van der Waals surface area contributed by atoms with Crippen molar-refractivity contribution < 1.29 is 14.3 Å². The number of ether oxygens (including phenoxy) is 1. The number of likely N-dealkylation sites (N-methyl/N-ethyl adjacent to an activating group) is 1. The Hall–Kier alpha value is -1.60. The monoisotopic (exact) mass is 357 g/mol. The molecule has 0 aromatic heterocycles. The number of imide groups is 1. The normalized spacial score (nSPS) is 10.3. The average molecular weight is 358 g/mol. The van der Waals surface area contributed by atoms with Gasteiger partial charge in [0.25, 0.3) is 0 Å². The summed E-state index contributed by atoms with van der Waals surface area (Å²) < 4.78 is 6.55. The maximum atomic E-state index is 11.5. The highest BCUT2D eigenvalue weighted by Gasteiger charge is 2.09. The highest BCUT2D eigenvalue weighted by molar-refractivity contribution is 9.10. The van der Waals surface area contributed by atoms with E-state index in [-0.39, 0.29) is 12.5 Å². The number of hydrogen-bond donors (Lipinski definition) is 2. The molecule has 0 spiro atoms. The Bertz CT molecular complexity index is 465. The molecule has 0 aliphatic carbocycles. The van der Waals surface area contributed by atoms with E-state index in [4.69, 9.17) is 4.74 Å². The van der Waals surface area contributed by atoms with E-state index in [1.807, 2.05) is 24.3 Å². The topological polar surface area (TPSA) is 70.7 Å². The summed E-state index contributed by atoms with van der Waals surface area (Å²) in [5.74, 6) is 0.436. The highest BCUT2D eigenvalue weighted by Crippen LogP contribution is 2.15. The molecule has 0 atom stereocenters. The Morgan fingerprint density at radius 1 is 1.29 bits per heavy atom. The molecule has 0 heterocycles. The van der Waals surface area contributed by atoms with Crippen LogP contribution in [0.4, 0.5) is 4.79 Å². The van der Waals surface area contributed by atoms with E-state index in [9.17, 15) is 9.59 Å². The number of urea groups is 1. The number of benzene rings is 1. The molecule has 7 heteroatoms. The van der Waals surface area contributed by atoms with Crippen LogP contribution < -0.4 is 15.4 Å². The first kappa shape index (κ1) is 17.5. The first-order valence-electron chi connectivity index (χ1n) is 6.66. The summed E-state index contributed by atoms with van der Waals surface area (Å²) in [6.45, 7) is 3.46. The van der Waals surface area contributed by atoms with Gasteiger partial charge >= 0.3 is 6.03 Å². The van der Waals surface area contributed by atoms with Crippen molar-refractivity contribution in [1.29, 1.82) is 0 Å². The van der Waals surface area contributed by atoms with Crippen LogP contribution in [0.15, 0.2) is 28.7 Å². The lowest BCUT2D eigenvalue weighted by molar-refractivity contribution is -0.120. The molecule has 0 fully saturated rings. The smallest absolute Gasteiger partial charge is 0.321 e. The molecule has 116 valence electrons. The molecule has 1 aromatic carbocycles. The minimum Gasteiger partial charge on any atom is -0.492 e. The van der Waals surface area contributed by atoms with Crippen LogP contribution in [0.3, 0.4) is 0 Å². The van der Waals surface area contributed by atoms with E-state index in [1.54, 1.807) is 18.9 Å². The van der Waals surface area contributed by atoms with Crippen LogP contribution >= 0.6 is 15.9 Å². The second-order valence-corrected chi connectivity index (χ2v) is 5.36. The number of rotatable bonds is 7. The maximum Gasteiger partial charge on any atom is 0.321 e. The Morgan fingerprint density at radius 3 is 2.57 bits per heavy atom. The van der Waals surface area contributed by atoms with E-state index in [0.29, 0.717) is 19.7 Å². The van der Waals surface area contributed by atoms with Crippen LogP contribution in [0.2, 0.25) is 0 Å². The van der Waals surface area contributed by atoms with Crippen LogP contribution in [-0.4, -0.2) is 50.1 Å². The van der Waals surface area contributed by atoms with Gasteiger partial charge in [-0.25, -0.2) is 4.79 Å². The van der Waals surface area contributed by atoms with Gasteiger partial charge in [-0.15, -0.1) is 0 Å². The summed E-state index contributed by atoms with van der Waals surface area (Å²) in [6, 6.07) is 7.07. The third-order valence-corrected chi connectivity index (χ3v) is 3.09. The van der Waals surface area contributed by atoms with Crippen LogP contribution in [0.5, 0.6) is 5.75 Å². The number of nitrogens with one attached hydrogen (secondary N) is 2. The molecular formula is C14H20BrN3O3. The van der Waals surface area contributed by atoms with Crippen LogP contribution in [0.1, 0.15) is 6.92 Å². The molecule has 0 bridgehead atoms. The van der Waals surface area contributed by atoms with Crippen molar-refractivity contribution in [2.24, 2.45) is 0 Å². The van der Waals surface area contributed by atoms with Crippen molar-refractivity contribution in [3.8, 4) is 5.75 Å². The first-order chi connectivity index (χ1) is 10.0. The second kappa shape index (κ2) is 9.36. The van der Waals surface area contributed by atoms with Crippen LogP contribution in [0, 0.1) is 0 Å². The minimum absolute atomic E-state index is 0.140. The molecule has 0 saturated heterocycles. The average Bonchev–Trinajstić information content (AvgIpc) is 2.41. The zero-order valence-corrected chi connectivity index (χ0v) is 13.8. The number of carbonyl (C=O) groups is 2. The van der Waals surface area contributed by atoms with Gasteiger partial charge in [-0.1, -0.05) is 15.9 Å². The quantitative estimate of drug-likeness (QED) is 0.777. The summed E-state index contributed by atoms with van der Waals surface area (Å²) in [5.41, 5.74) is 0.